The molecular weight excluding hydrogens is 354 g/mol. The van der Waals surface area contributed by atoms with E-state index in [2.05, 4.69) is 39.6 Å². The third kappa shape index (κ3) is 4.08. The minimum absolute atomic E-state index is 0.0949. The number of nitrogens with zero attached hydrogens (tertiary/aromatic N) is 4. The molecule has 1 atom stereocenters. The van der Waals surface area contributed by atoms with Gasteiger partial charge in [0.2, 0.25) is 5.91 Å². The highest BCUT2D eigenvalue weighted by Crippen LogP contribution is 2.27. The summed E-state index contributed by atoms with van der Waals surface area (Å²) in [7, 11) is 0. The number of benzene rings is 1. The van der Waals surface area contributed by atoms with E-state index in [9.17, 15) is 4.79 Å². The van der Waals surface area contributed by atoms with Gasteiger partial charge in [-0.3, -0.25) is 4.79 Å². The van der Waals surface area contributed by atoms with Crippen molar-refractivity contribution in [1.29, 1.82) is 0 Å². The highest BCUT2D eigenvalue weighted by atomic mass is 32.2. The number of hydrogen-bond acceptors (Lipinski definition) is 6. The molecule has 2 heterocycles. The average Bonchev–Trinajstić information content (AvgIpc) is 3.25. The lowest BCUT2D eigenvalue weighted by Crippen LogP contribution is -2.22. The maximum atomic E-state index is 12.3. The molecule has 25 heavy (non-hydrogen) atoms. The van der Waals surface area contributed by atoms with Crippen LogP contribution in [-0.2, 0) is 11.3 Å². The van der Waals surface area contributed by atoms with Crippen LogP contribution in [0.5, 0.6) is 0 Å². The summed E-state index contributed by atoms with van der Waals surface area (Å²) in [4.78, 5) is 16.4. The SMILES string of the molecule is CCn1c(S[C@@H](C)C(=O)Nc2nccs2)nnc1-c1ccc(C)cc1. The molecule has 0 fully saturated rings. The zero-order valence-corrected chi connectivity index (χ0v) is 15.9. The fraction of sp³-hybridized carbons (Fsp3) is 0.294. The van der Waals surface area contributed by atoms with Gasteiger partial charge in [-0.2, -0.15) is 0 Å². The molecule has 0 aliphatic heterocycles. The van der Waals surface area contributed by atoms with Gasteiger partial charge in [-0.25, -0.2) is 4.98 Å². The smallest absolute Gasteiger partial charge is 0.239 e. The summed E-state index contributed by atoms with van der Waals surface area (Å²) in [5.74, 6) is 0.722. The first-order chi connectivity index (χ1) is 12.1. The number of amides is 1. The first-order valence-corrected chi connectivity index (χ1v) is 9.71. The molecule has 0 aliphatic rings. The van der Waals surface area contributed by atoms with E-state index in [1.807, 2.05) is 35.9 Å². The second kappa shape index (κ2) is 7.79. The van der Waals surface area contributed by atoms with Crippen molar-refractivity contribution in [3.8, 4) is 11.4 Å². The number of rotatable bonds is 6. The molecule has 0 unspecified atom stereocenters. The Morgan fingerprint density at radius 1 is 1.32 bits per heavy atom. The van der Waals surface area contributed by atoms with Crippen molar-refractivity contribution in [3.63, 3.8) is 0 Å². The van der Waals surface area contributed by atoms with Gasteiger partial charge in [0.25, 0.3) is 0 Å². The summed E-state index contributed by atoms with van der Waals surface area (Å²) in [6.45, 7) is 6.69. The van der Waals surface area contributed by atoms with Crippen molar-refractivity contribution < 1.29 is 4.79 Å². The second-order valence-corrected chi connectivity index (χ2v) is 7.71. The largest absolute Gasteiger partial charge is 0.302 e. The molecule has 6 nitrogen and oxygen atoms in total. The summed E-state index contributed by atoms with van der Waals surface area (Å²) < 4.78 is 2.03. The van der Waals surface area contributed by atoms with Gasteiger partial charge in [0, 0.05) is 23.7 Å². The van der Waals surface area contributed by atoms with Gasteiger partial charge in [0.05, 0.1) is 5.25 Å². The van der Waals surface area contributed by atoms with E-state index in [0.717, 1.165) is 23.1 Å². The highest BCUT2D eigenvalue weighted by molar-refractivity contribution is 8.00. The fourth-order valence-electron chi connectivity index (χ4n) is 2.28. The Morgan fingerprint density at radius 3 is 2.72 bits per heavy atom. The lowest BCUT2D eigenvalue weighted by Gasteiger charge is -2.11. The van der Waals surface area contributed by atoms with Crippen LogP contribution in [0.25, 0.3) is 11.4 Å². The second-order valence-electron chi connectivity index (χ2n) is 5.50. The van der Waals surface area contributed by atoms with Gasteiger partial charge >= 0.3 is 0 Å². The van der Waals surface area contributed by atoms with Crippen LogP contribution in [0.1, 0.15) is 19.4 Å². The van der Waals surface area contributed by atoms with E-state index >= 15 is 0 Å². The van der Waals surface area contributed by atoms with Gasteiger partial charge in [-0.1, -0.05) is 41.6 Å². The molecule has 0 aliphatic carbocycles. The molecule has 0 bridgehead atoms. The van der Waals surface area contributed by atoms with Crippen LogP contribution in [0.3, 0.4) is 0 Å². The predicted molar refractivity (Wildman–Crippen MR) is 102 cm³/mol. The van der Waals surface area contributed by atoms with Crippen molar-refractivity contribution in [1.82, 2.24) is 19.7 Å². The van der Waals surface area contributed by atoms with Crippen LogP contribution in [0.4, 0.5) is 5.13 Å². The normalized spacial score (nSPS) is 12.1. The molecular formula is C17H19N5OS2. The number of thioether (sulfide) groups is 1. The molecule has 0 spiro atoms. The van der Waals surface area contributed by atoms with Crippen molar-refractivity contribution in [3.05, 3.63) is 41.4 Å². The van der Waals surface area contributed by atoms with Crippen molar-refractivity contribution in [2.24, 2.45) is 0 Å². The van der Waals surface area contributed by atoms with Crippen LogP contribution in [-0.4, -0.2) is 30.9 Å². The van der Waals surface area contributed by atoms with E-state index in [0.29, 0.717) is 5.13 Å². The Bertz CT molecular complexity index is 843. The quantitative estimate of drug-likeness (QED) is 0.665. The maximum Gasteiger partial charge on any atom is 0.239 e. The third-order valence-corrected chi connectivity index (χ3v) is 5.43. The molecule has 2 aromatic heterocycles. The van der Waals surface area contributed by atoms with E-state index in [4.69, 9.17) is 0 Å². The number of carbonyl (C=O) groups excluding carboxylic acids is 1. The Morgan fingerprint density at radius 2 is 2.08 bits per heavy atom. The first kappa shape index (κ1) is 17.6. The summed E-state index contributed by atoms with van der Waals surface area (Å²) in [6.07, 6.45) is 1.67. The molecule has 8 heteroatoms. The Labute approximate surface area is 154 Å². The van der Waals surface area contributed by atoms with E-state index in [-0.39, 0.29) is 11.2 Å². The number of aryl methyl sites for hydroxylation is 1. The Kier molecular flexibility index (Phi) is 5.50. The third-order valence-electron chi connectivity index (χ3n) is 3.66. The molecule has 1 N–H and O–H groups in total. The minimum atomic E-state index is -0.302. The predicted octanol–water partition coefficient (Wildman–Crippen LogP) is 3.85. The summed E-state index contributed by atoms with van der Waals surface area (Å²) in [6, 6.07) is 8.19. The molecule has 1 aromatic carbocycles. The number of aromatic nitrogens is 4. The first-order valence-electron chi connectivity index (χ1n) is 7.95. The Hall–Kier alpha value is -2.19. The van der Waals surface area contributed by atoms with Crippen molar-refractivity contribution >= 4 is 34.1 Å². The zero-order chi connectivity index (χ0) is 17.8. The molecule has 3 rings (SSSR count). The topological polar surface area (TPSA) is 72.7 Å². The van der Waals surface area contributed by atoms with Crippen molar-refractivity contribution in [2.45, 2.75) is 37.7 Å². The van der Waals surface area contributed by atoms with Crippen molar-refractivity contribution in [2.75, 3.05) is 5.32 Å². The number of thiazole rings is 1. The van der Waals surface area contributed by atoms with Gasteiger partial charge in [-0.15, -0.1) is 21.5 Å². The lowest BCUT2D eigenvalue weighted by atomic mass is 10.1. The zero-order valence-electron chi connectivity index (χ0n) is 14.3. The van der Waals surface area contributed by atoms with E-state index in [1.54, 1.807) is 6.20 Å². The summed E-state index contributed by atoms with van der Waals surface area (Å²) >= 11 is 2.80. The molecule has 3 aromatic rings. The standard InChI is InChI=1S/C17H19N5OS2/c1-4-22-14(13-7-5-11(2)6-8-13)20-21-17(22)25-12(3)15(23)19-16-18-9-10-24-16/h5-10,12H,4H2,1-3H3,(H,18,19,23)/t12-/m0/s1. The molecule has 0 saturated heterocycles. The van der Waals surface area contributed by atoms with Crippen LogP contribution in [0.15, 0.2) is 41.0 Å². The van der Waals surface area contributed by atoms with E-state index in [1.165, 1.54) is 28.7 Å². The van der Waals surface area contributed by atoms with Gasteiger partial charge in [0.15, 0.2) is 16.1 Å². The summed E-state index contributed by atoms with van der Waals surface area (Å²) in [5, 5.41) is 14.3. The number of hydrogen-bond donors (Lipinski definition) is 1. The van der Waals surface area contributed by atoms with Crippen LogP contribution < -0.4 is 5.32 Å². The van der Waals surface area contributed by atoms with E-state index < -0.39 is 0 Å². The van der Waals surface area contributed by atoms with Crippen LogP contribution >= 0.6 is 23.1 Å². The van der Waals surface area contributed by atoms with Crippen LogP contribution in [0, 0.1) is 6.92 Å². The molecule has 130 valence electrons. The average molecular weight is 374 g/mol. The summed E-state index contributed by atoms with van der Waals surface area (Å²) in [5.41, 5.74) is 2.22. The van der Waals surface area contributed by atoms with Gasteiger partial charge < -0.3 is 9.88 Å². The monoisotopic (exact) mass is 373 g/mol. The fourth-order valence-corrected chi connectivity index (χ4v) is 3.73. The maximum absolute atomic E-state index is 12.3. The molecule has 0 saturated carbocycles. The molecule has 1 amide bonds. The lowest BCUT2D eigenvalue weighted by molar-refractivity contribution is -0.115. The van der Waals surface area contributed by atoms with Gasteiger partial charge in [0.1, 0.15) is 0 Å². The highest BCUT2D eigenvalue weighted by Gasteiger charge is 2.20. The number of anilines is 1. The molecule has 0 radical (unpaired) electrons. The number of nitrogens with one attached hydrogen (secondary N) is 1. The van der Waals surface area contributed by atoms with Gasteiger partial charge in [-0.05, 0) is 20.8 Å². The minimum Gasteiger partial charge on any atom is -0.302 e. The number of carbonyl (C=O) groups is 1. The Balaban J connectivity index is 1.76. The van der Waals surface area contributed by atoms with Crippen LogP contribution in [0.2, 0.25) is 0 Å².